The molecule has 6 heteroatoms. The van der Waals surface area contributed by atoms with Crippen molar-refractivity contribution in [1.29, 1.82) is 0 Å². The van der Waals surface area contributed by atoms with E-state index < -0.39 is 18.4 Å². The monoisotopic (exact) mass is 336 g/mol. The van der Waals surface area contributed by atoms with Crippen molar-refractivity contribution in [2.45, 2.75) is 0 Å². The summed E-state index contributed by atoms with van der Waals surface area (Å²) in [6.07, 6.45) is 1.60. The number of hydrogen-bond acceptors (Lipinski definition) is 4. The van der Waals surface area contributed by atoms with E-state index in [1.54, 1.807) is 37.5 Å². The summed E-state index contributed by atoms with van der Waals surface area (Å²) in [5.41, 5.74) is 1.55. The van der Waals surface area contributed by atoms with Crippen molar-refractivity contribution < 1.29 is 19.4 Å². The average Bonchev–Trinajstić information content (AvgIpc) is 2.92. The standard InChI is InChI=1S/C19H16N2O4/c1-25-16-10-6-5-9-14(16)11-15-19(24)21(12-17(22)23)18(20-15)13-7-3-2-4-8-13/h2-11H,12H2,1H3,(H,22,23)/b15-11-. The Bertz CT molecular complexity index is 872. The third kappa shape index (κ3) is 3.42. The number of carboxylic acids is 1. The van der Waals surface area contributed by atoms with Crippen LogP contribution in [0.3, 0.4) is 0 Å². The quantitative estimate of drug-likeness (QED) is 0.851. The molecule has 0 atom stereocenters. The molecule has 126 valence electrons. The van der Waals surface area contributed by atoms with Crippen LogP contribution in [0.4, 0.5) is 0 Å². The number of carbonyl (C=O) groups is 2. The highest BCUT2D eigenvalue weighted by Crippen LogP contribution is 2.25. The first-order valence-corrected chi connectivity index (χ1v) is 7.62. The summed E-state index contributed by atoms with van der Waals surface area (Å²) in [5.74, 6) is -0.618. The van der Waals surface area contributed by atoms with E-state index in [9.17, 15) is 9.59 Å². The number of nitrogens with zero attached hydrogens (tertiary/aromatic N) is 2. The zero-order chi connectivity index (χ0) is 17.8. The maximum absolute atomic E-state index is 12.7. The molecular formula is C19H16N2O4. The number of para-hydroxylation sites is 1. The molecule has 0 fully saturated rings. The number of amides is 1. The molecule has 25 heavy (non-hydrogen) atoms. The highest BCUT2D eigenvalue weighted by atomic mass is 16.5. The Morgan fingerprint density at radius 3 is 2.52 bits per heavy atom. The van der Waals surface area contributed by atoms with Crippen LogP contribution >= 0.6 is 0 Å². The van der Waals surface area contributed by atoms with Crippen LogP contribution in [-0.4, -0.2) is 41.4 Å². The molecular weight excluding hydrogens is 320 g/mol. The van der Waals surface area contributed by atoms with Crippen LogP contribution in [-0.2, 0) is 9.59 Å². The van der Waals surface area contributed by atoms with Gasteiger partial charge in [-0.05, 0) is 12.1 Å². The Kier molecular flexibility index (Phi) is 4.61. The summed E-state index contributed by atoms with van der Waals surface area (Å²) < 4.78 is 5.28. The van der Waals surface area contributed by atoms with Crippen LogP contribution in [0.15, 0.2) is 65.3 Å². The molecule has 2 aromatic rings. The number of methoxy groups -OCH3 is 1. The number of benzene rings is 2. The fraction of sp³-hybridized carbons (Fsp3) is 0.105. The molecule has 6 nitrogen and oxygen atoms in total. The Balaban J connectivity index is 2.06. The van der Waals surface area contributed by atoms with E-state index in [1.807, 2.05) is 30.3 Å². The lowest BCUT2D eigenvalue weighted by Crippen LogP contribution is -2.37. The van der Waals surface area contributed by atoms with E-state index in [1.165, 1.54) is 4.90 Å². The number of aliphatic carboxylic acids is 1. The Labute approximate surface area is 144 Å². The van der Waals surface area contributed by atoms with Crippen LogP contribution in [0.25, 0.3) is 6.08 Å². The Hall–Kier alpha value is -3.41. The molecule has 1 heterocycles. The molecule has 0 saturated heterocycles. The fourth-order valence-corrected chi connectivity index (χ4v) is 2.57. The molecule has 2 aromatic carbocycles. The van der Waals surface area contributed by atoms with Gasteiger partial charge in [0.2, 0.25) is 0 Å². The van der Waals surface area contributed by atoms with E-state index >= 15 is 0 Å². The van der Waals surface area contributed by atoms with Crippen molar-refractivity contribution in [3.05, 3.63) is 71.4 Å². The lowest BCUT2D eigenvalue weighted by atomic mass is 10.1. The molecule has 0 bridgehead atoms. The largest absolute Gasteiger partial charge is 0.496 e. The summed E-state index contributed by atoms with van der Waals surface area (Å²) in [4.78, 5) is 29.4. The minimum absolute atomic E-state index is 0.171. The van der Waals surface area contributed by atoms with Crippen molar-refractivity contribution in [3.8, 4) is 5.75 Å². The number of rotatable bonds is 5. The van der Waals surface area contributed by atoms with E-state index in [0.717, 1.165) is 0 Å². The van der Waals surface area contributed by atoms with Gasteiger partial charge in [-0.15, -0.1) is 0 Å². The van der Waals surface area contributed by atoms with Crippen LogP contribution in [0.1, 0.15) is 11.1 Å². The molecule has 1 aliphatic heterocycles. The van der Waals surface area contributed by atoms with Crippen LogP contribution in [0, 0.1) is 0 Å². The highest BCUT2D eigenvalue weighted by Gasteiger charge is 2.32. The summed E-state index contributed by atoms with van der Waals surface area (Å²) in [7, 11) is 1.54. The number of hydrogen-bond donors (Lipinski definition) is 1. The Morgan fingerprint density at radius 2 is 1.84 bits per heavy atom. The predicted octanol–water partition coefficient (Wildman–Crippen LogP) is 2.41. The second-order valence-corrected chi connectivity index (χ2v) is 5.36. The second-order valence-electron chi connectivity index (χ2n) is 5.36. The molecule has 0 aliphatic carbocycles. The van der Waals surface area contributed by atoms with Gasteiger partial charge in [0, 0.05) is 11.1 Å². The van der Waals surface area contributed by atoms with Gasteiger partial charge in [-0.25, -0.2) is 4.99 Å². The zero-order valence-electron chi connectivity index (χ0n) is 13.5. The van der Waals surface area contributed by atoms with Gasteiger partial charge in [0.05, 0.1) is 7.11 Å². The van der Waals surface area contributed by atoms with Gasteiger partial charge < -0.3 is 9.84 Å². The van der Waals surface area contributed by atoms with Crippen molar-refractivity contribution in [3.63, 3.8) is 0 Å². The minimum Gasteiger partial charge on any atom is -0.496 e. The van der Waals surface area contributed by atoms with E-state index in [-0.39, 0.29) is 5.70 Å². The number of ether oxygens (including phenoxy) is 1. The van der Waals surface area contributed by atoms with Crippen LogP contribution < -0.4 is 4.74 Å². The molecule has 1 aliphatic rings. The molecule has 1 amide bonds. The number of amidine groups is 1. The lowest BCUT2D eigenvalue weighted by Gasteiger charge is -2.15. The maximum Gasteiger partial charge on any atom is 0.323 e. The normalized spacial score (nSPS) is 15.4. The number of carboxylic acid groups (broad SMARTS) is 1. The summed E-state index contributed by atoms with van der Waals surface area (Å²) in [6, 6.07) is 16.3. The minimum atomic E-state index is -1.10. The lowest BCUT2D eigenvalue weighted by molar-refractivity contribution is -0.140. The maximum atomic E-state index is 12.7. The van der Waals surface area contributed by atoms with Crippen molar-refractivity contribution in [2.24, 2.45) is 4.99 Å². The summed E-state index contributed by atoms with van der Waals surface area (Å²) in [6.45, 7) is -0.449. The topological polar surface area (TPSA) is 79.2 Å². The zero-order valence-corrected chi connectivity index (χ0v) is 13.5. The van der Waals surface area contributed by atoms with Gasteiger partial charge >= 0.3 is 5.97 Å². The third-order valence-electron chi connectivity index (χ3n) is 3.70. The van der Waals surface area contributed by atoms with Crippen molar-refractivity contribution in [2.75, 3.05) is 13.7 Å². The summed E-state index contributed by atoms with van der Waals surface area (Å²) >= 11 is 0. The molecule has 0 saturated carbocycles. The molecule has 3 rings (SSSR count). The molecule has 0 unspecified atom stereocenters. The van der Waals surface area contributed by atoms with E-state index in [2.05, 4.69) is 4.99 Å². The number of aliphatic imine (C=N–C) groups is 1. The molecule has 1 N–H and O–H groups in total. The van der Waals surface area contributed by atoms with Crippen molar-refractivity contribution >= 4 is 23.8 Å². The van der Waals surface area contributed by atoms with Crippen molar-refractivity contribution in [1.82, 2.24) is 4.90 Å². The van der Waals surface area contributed by atoms with Gasteiger partial charge in [0.1, 0.15) is 23.8 Å². The van der Waals surface area contributed by atoms with Gasteiger partial charge in [0.25, 0.3) is 5.91 Å². The fourth-order valence-electron chi connectivity index (χ4n) is 2.57. The SMILES string of the molecule is COc1ccccc1/C=C1\N=C(c2ccccc2)N(CC(=O)O)C1=O. The first-order valence-electron chi connectivity index (χ1n) is 7.62. The summed E-state index contributed by atoms with van der Waals surface area (Å²) in [5, 5.41) is 9.13. The predicted molar refractivity (Wildman–Crippen MR) is 93.3 cm³/mol. The van der Waals surface area contributed by atoms with Gasteiger partial charge in [0.15, 0.2) is 0 Å². The average molecular weight is 336 g/mol. The van der Waals surface area contributed by atoms with E-state index in [4.69, 9.17) is 9.84 Å². The molecule has 0 spiro atoms. The molecule has 0 radical (unpaired) electrons. The van der Waals surface area contributed by atoms with E-state index in [0.29, 0.717) is 22.7 Å². The van der Waals surface area contributed by atoms with Gasteiger partial charge in [-0.1, -0.05) is 48.5 Å². The second kappa shape index (κ2) is 7.00. The third-order valence-corrected chi connectivity index (χ3v) is 3.70. The first-order chi connectivity index (χ1) is 12.1. The van der Waals surface area contributed by atoms with Crippen LogP contribution in [0.5, 0.6) is 5.75 Å². The molecule has 0 aromatic heterocycles. The Morgan fingerprint density at radius 1 is 1.16 bits per heavy atom. The van der Waals surface area contributed by atoms with Gasteiger partial charge in [-0.2, -0.15) is 0 Å². The smallest absolute Gasteiger partial charge is 0.323 e. The van der Waals surface area contributed by atoms with Gasteiger partial charge in [-0.3, -0.25) is 14.5 Å². The highest BCUT2D eigenvalue weighted by molar-refractivity contribution is 6.20. The first kappa shape index (κ1) is 16.4. The number of carbonyl (C=O) groups excluding carboxylic acids is 1. The van der Waals surface area contributed by atoms with Crippen LogP contribution in [0.2, 0.25) is 0 Å².